The SMILES string of the molecule is CCOc1ccc(C2(CN)CCC2)cc1Cl. The maximum Gasteiger partial charge on any atom is 0.137 e. The second-order valence-electron chi connectivity index (χ2n) is 4.42. The highest BCUT2D eigenvalue weighted by atomic mass is 35.5. The zero-order chi connectivity index (χ0) is 11.6. The van der Waals surface area contributed by atoms with E-state index in [0.717, 1.165) is 5.75 Å². The van der Waals surface area contributed by atoms with E-state index in [0.29, 0.717) is 18.2 Å². The Morgan fingerprint density at radius 1 is 1.44 bits per heavy atom. The number of hydrogen-bond acceptors (Lipinski definition) is 2. The third-order valence-electron chi connectivity index (χ3n) is 3.55. The predicted molar refractivity (Wildman–Crippen MR) is 67.2 cm³/mol. The van der Waals surface area contributed by atoms with Gasteiger partial charge in [0.25, 0.3) is 0 Å². The van der Waals surface area contributed by atoms with Gasteiger partial charge in [-0.15, -0.1) is 0 Å². The van der Waals surface area contributed by atoms with Crippen LogP contribution in [0, 0.1) is 0 Å². The van der Waals surface area contributed by atoms with Gasteiger partial charge in [-0.1, -0.05) is 24.1 Å². The molecule has 0 bridgehead atoms. The van der Waals surface area contributed by atoms with Crippen molar-refractivity contribution in [2.75, 3.05) is 13.2 Å². The molecule has 1 aromatic carbocycles. The third kappa shape index (κ3) is 1.92. The summed E-state index contributed by atoms with van der Waals surface area (Å²) in [6.07, 6.45) is 3.61. The van der Waals surface area contributed by atoms with Crippen molar-refractivity contribution >= 4 is 11.6 Å². The van der Waals surface area contributed by atoms with Crippen molar-refractivity contribution in [1.29, 1.82) is 0 Å². The van der Waals surface area contributed by atoms with Gasteiger partial charge in [-0.2, -0.15) is 0 Å². The molecule has 2 N–H and O–H groups in total. The van der Waals surface area contributed by atoms with E-state index in [1.165, 1.54) is 24.8 Å². The van der Waals surface area contributed by atoms with E-state index in [-0.39, 0.29) is 5.41 Å². The van der Waals surface area contributed by atoms with Crippen LogP contribution in [-0.2, 0) is 5.41 Å². The Bertz CT molecular complexity index is 369. The normalized spacial score (nSPS) is 17.9. The van der Waals surface area contributed by atoms with Gasteiger partial charge in [0.2, 0.25) is 0 Å². The first-order valence-corrected chi connectivity index (χ1v) is 6.22. The molecule has 88 valence electrons. The molecule has 1 aromatic rings. The van der Waals surface area contributed by atoms with Gasteiger partial charge in [-0.05, 0) is 37.5 Å². The standard InChI is InChI=1S/C13H18ClNO/c1-2-16-12-5-4-10(8-11(12)14)13(9-15)6-3-7-13/h4-5,8H,2-3,6-7,9,15H2,1H3. The summed E-state index contributed by atoms with van der Waals surface area (Å²) < 4.78 is 5.43. The minimum atomic E-state index is 0.175. The first-order chi connectivity index (χ1) is 7.72. The minimum absolute atomic E-state index is 0.175. The Morgan fingerprint density at radius 3 is 2.62 bits per heavy atom. The van der Waals surface area contributed by atoms with Crippen LogP contribution >= 0.6 is 11.6 Å². The van der Waals surface area contributed by atoms with Crippen molar-refractivity contribution in [2.24, 2.45) is 5.73 Å². The molecule has 0 atom stereocenters. The summed E-state index contributed by atoms with van der Waals surface area (Å²) >= 11 is 6.19. The van der Waals surface area contributed by atoms with Crippen molar-refractivity contribution in [3.8, 4) is 5.75 Å². The van der Waals surface area contributed by atoms with Gasteiger partial charge in [-0.25, -0.2) is 0 Å². The first-order valence-electron chi connectivity index (χ1n) is 5.85. The van der Waals surface area contributed by atoms with Crippen LogP contribution in [0.3, 0.4) is 0 Å². The molecule has 1 aliphatic rings. The highest BCUT2D eigenvalue weighted by Gasteiger charge is 2.37. The van der Waals surface area contributed by atoms with Crippen molar-refractivity contribution in [3.05, 3.63) is 28.8 Å². The fraction of sp³-hybridized carbons (Fsp3) is 0.538. The fourth-order valence-corrected chi connectivity index (χ4v) is 2.55. The topological polar surface area (TPSA) is 35.2 Å². The number of rotatable bonds is 4. The monoisotopic (exact) mass is 239 g/mol. The molecule has 2 nitrogen and oxygen atoms in total. The lowest BCUT2D eigenvalue weighted by Crippen LogP contribution is -2.41. The van der Waals surface area contributed by atoms with E-state index in [1.807, 2.05) is 19.1 Å². The third-order valence-corrected chi connectivity index (χ3v) is 3.84. The molecule has 0 saturated heterocycles. The van der Waals surface area contributed by atoms with Gasteiger partial charge in [0.15, 0.2) is 0 Å². The van der Waals surface area contributed by atoms with Crippen LogP contribution < -0.4 is 10.5 Å². The highest BCUT2D eigenvalue weighted by molar-refractivity contribution is 6.32. The molecule has 3 heteroatoms. The zero-order valence-electron chi connectivity index (χ0n) is 9.63. The van der Waals surface area contributed by atoms with Gasteiger partial charge in [-0.3, -0.25) is 0 Å². The number of nitrogens with two attached hydrogens (primary N) is 1. The molecular formula is C13H18ClNO. The maximum absolute atomic E-state index is 6.19. The Morgan fingerprint density at radius 2 is 2.19 bits per heavy atom. The molecule has 1 saturated carbocycles. The molecule has 0 spiro atoms. The summed E-state index contributed by atoms with van der Waals surface area (Å²) in [6.45, 7) is 3.30. The molecule has 0 amide bonds. The van der Waals surface area contributed by atoms with Crippen LogP contribution in [0.1, 0.15) is 31.7 Å². The molecular weight excluding hydrogens is 222 g/mol. The first kappa shape index (κ1) is 11.7. The summed E-state index contributed by atoms with van der Waals surface area (Å²) in [6, 6.07) is 6.07. The number of halogens is 1. The average molecular weight is 240 g/mol. The molecule has 0 heterocycles. The molecule has 0 unspecified atom stereocenters. The molecule has 1 fully saturated rings. The van der Waals surface area contributed by atoms with Crippen LogP contribution in [0.15, 0.2) is 18.2 Å². The van der Waals surface area contributed by atoms with Gasteiger partial charge < -0.3 is 10.5 Å². The fourth-order valence-electron chi connectivity index (χ4n) is 2.32. The van der Waals surface area contributed by atoms with E-state index in [2.05, 4.69) is 6.07 Å². The van der Waals surface area contributed by atoms with Crippen LogP contribution in [0.25, 0.3) is 0 Å². The minimum Gasteiger partial charge on any atom is -0.492 e. The zero-order valence-corrected chi connectivity index (χ0v) is 10.4. The summed E-state index contributed by atoms with van der Waals surface area (Å²) in [5.41, 5.74) is 7.31. The predicted octanol–water partition coefficient (Wildman–Crippen LogP) is 3.12. The summed E-state index contributed by atoms with van der Waals surface area (Å²) in [7, 11) is 0. The highest BCUT2D eigenvalue weighted by Crippen LogP contribution is 2.44. The van der Waals surface area contributed by atoms with E-state index < -0.39 is 0 Å². The Hall–Kier alpha value is -0.730. The largest absolute Gasteiger partial charge is 0.492 e. The molecule has 0 aliphatic heterocycles. The smallest absolute Gasteiger partial charge is 0.137 e. The van der Waals surface area contributed by atoms with Crippen LogP contribution in [0.2, 0.25) is 5.02 Å². The number of ether oxygens (including phenoxy) is 1. The number of hydrogen-bond donors (Lipinski definition) is 1. The van der Waals surface area contributed by atoms with Gasteiger partial charge in [0.05, 0.1) is 11.6 Å². The Labute approximate surface area is 102 Å². The van der Waals surface area contributed by atoms with Gasteiger partial charge in [0.1, 0.15) is 5.75 Å². The molecule has 1 aliphatic carbocycles. The van der Waals surface area contributed by atoms with Gasteiger partial charge in [0, 0.05) is 12.0 Å². The van der Waals surface area contributed by atoms with Crippen LogP contribution in [0.4, 0.5) is 0 Å². The lowest BCUT2D eigenvalue weighted by molar-refractivity contribution is 0.252. The number of benzene rings is 1. The molecule has 2 rings (SSSR count). The average Bonchev–Trinajstić information content (AvgIpc) is 2.21. The van der Waals surface area contributed by atoms with Crippen LogP contribution in [-0.4, -0.2) is 13.2 Å². The lowest BCUT2D eigenvalue weighted by atomic mass is 9.64. The second-order valence-corrected chi connectivity index (χ2v) is 4.82. The molecule has 16 heavy (non-hydrogen) atoms. The van der Waals surface area contributed by atoms with Crippen molar-refractivity contribution < 1.29 is 4.74 Å². The van der Waals surface area contributed by atoms with E-state index in [1.54, 1.807) is 0 Å². The Balaban J connectivity index is 2.26. The molecule has 0 radical (unpaired) electrons. The van der Waals surface area contributed by atoms with Gasteiger partial charge >= 0.3 is 0 Å². The lowest BCUT2D eigenvalue weighted by Gasteiger charge is -2.41. The van der Waals surface area contributed by atoms with E-state index in [9.17, 15) is 0 Å². The van der Waals surface area contributed by atoms with E-state index in [4.69, 9.17) is 22.1 Å². The second kappa shape index (κ2) is 4.64. The summed E-state index contributed by atoms with van der Waals surface area (Å²) in [5, 5.41) is 0.694. The Kier molecular flexibility index (Phi) is 3.41. The van der Waals surface area contributed by atoms with Crippen molar-refractivity contribution in [2.45, 2.75) is 31.6 Å². The summed E-state index contributed by atoms with van der Waals surface area (Å²) in [5.74, 6) is 0.763. The maximum atomic E-state index is 6.19. The van der Waals surface area contributed by atoms with E-state index >= 15 is 0 Å². The van der Waals surface area contributed by atoms with Crippen LogP contribution in [0.5, 0.6) is 5.75 Å². The summed E-state index contributed by atoms with van der Waals surface area (Å²) in [4.78, 5) is 0. The van der Waals surface area contributed by atoms with Crippen molar-refractivity contribution in [3.63, 3.8) is 0 Å². The quantitative estimate of drug-likeness (QED) is 0.876. The van der Waals surface area contributed by atoms with Crippen molar-refractivity contribution in [1.82, 2.24) is 0 Å². The molecule has 0 aromatic heterocycles.